The molecule has 3 heterocycles. The highest BCUT2D eigenvalue weighted by atomic mass is 35.5. The maximum absolute atomic E-state index is 13.5. The molecule has 4 aromatic rings. The highest BCUT2D eigenvalue weighted by Crippen LogP contribution is 2.25. The van der Waals surface area contributed by atoms with E-state index < -0.39 is 17.9 Å². The smallest absolute Gasteiger partial charge is 0.326 e. The van der Waals surface area contributed by atoms with Gasteiger partial charge < -0.3 is 25.1 Å². The van der Waals surface area contributed by atoms with Gasteiger partial charge in [0.15, 0.2) is 5.82 Å². The highest BCUT2D eigenvalue weighted by Gasteiger charge is 2.25. The number of halogens is 1. The SMILES string of the molecule is CN(C)c1ccc(-c2nc(C(=O)NC(Cc3ccc(Cl)cc3)C(=O)O)cc(N3CCN(c4ccccn4)CC3)n2)cc1. The van der Waals surface area contributed by atoms with E-state index in [1.807, 2.05) is 61.5 Å². The average molecular weight is 586 g/mol. The normalized spacial score (nSPS) is 13.9. The largest absolute Gasteiger partial charge is 0.480 e. The summed E-state index contributed by atoms with van der Waals surface area (Å²) in [5, 5.41) is 13.1. The Hall–Kier alpha value is -4.70. The first-order valence-corrected chi connectivity index (χ1v) is 14.0. The van der Waals surface area contributed by atoms with Gasteiger partial charge in [-0.2, -0.15) is 0 Å². The van der Waals surface area contributed by atoms with E-state index >= 15 is 0 Å². The summed E-state index contributed by atoms with van der Waals surface area (Å²) in [5.41, 5.74) is 2.61. The molecular weight excluding hydrogens is 554 g/mol. The Balaban J connectivity index is 1.41. The molecule has 2 aromatic heterocycles. The summed E-state index contributed by atoms with van der Waals surface area (Å²) in [6, 6.07) is 20.9. The van der Waals surface area contributed by atoms with Crippen LogP contribution in [0.4, 0.5) is 17.3 Å². The van der Waals surface area contributed by atoms with Gasteiger partial charge in [0.25, 0.3) is 5.91 Å². The van der Waals surface area contributed by atoms with Crippen molar-refractivity contribution in [1.82, 2.24) is 20.3 Å². The molecular formula is C31H32ClN7O3. The van der Waals surface area contributed by atoms with E-state index in [0.717, 1.165) is 35.7 Å². The molecule has 2 N–H and O–H groups in total. The van der Waals surface area contributed by atoms with Crippen molar-refractivity contribution in [2.24, 2.45) is 0 Å². The Morgan fingerprint density at radius 2 is 1.60 bits per heavy atom. The van der Waals surface area contributed by atoms with Crippen molar-refractivity contribution >= 4 is 40.8 Å². The molecule has 5 rings (SSSR count). The molecule has 1 atom stereocenters. The number of carbonyl (C=O) groups excluding carboxylic acids is 1. The minimum absolute atomic E-state index is 0.0983. The van der Waals surface area contributed by atoms with Crippen LogP contribution >= 0.6 is 11.6 Å². The van der Waals surface area contributed by atoms with Gasteiger partial charge in [0.05, 0.1) is 0 Å². The number of nitrogens with zero attached hydrogens (tertiary/aromatic N) is 6. The lowest BCUT2D eigenvalue weighted by atomic mass is 10.1. The van der Waals surface area contributed by atoms with Gasteiger partial charge in [-0.3, -0.25) is 4.79 Å². The van der Waals surface area contributed by atoms with Crippen molar-refractivity contribution in [2.45, 2.75) is 12.5 Å². The number of hydrogen-bond acceptors (Lipinski definition) is 8. The molecule has 1 fully saturated rings. The maximum Gasteiger partial charge on any atom is 0.326 e. The fraction of sp³-hybridized carbons (Fsp3) is 0.258. The topological polar surface area (TPSA) is 115 Å². The molecule has 0 aliphatic carbocycles. The van der Waals surface area contributed by atoms with Crippen LogP contribution in [0.3, 0.4) is 0 Å². The Kier molecular flexibility index (Phi) is 8.83. The summed E-state index contributed by atoms with van der Waals surface area (Å²) in [4.78, 5) is 45.7. The lowest BCUT2D eigenvalue weighted by molar-refractivity contribution is -0.139. The predicted octanol–water partition coefficient (Wildman–Crippen LogP) is 4.01. The number of pyridine rings is 1. The number of carboxylic acids is 1. The second-order valence-corrected chi connectivity index (χ2v) is 10.7. The third-order valence-electron chi connectivity index (χ3n) is 7.12. The Morgan fingerprint density at radius 3 is 2.19 bits per heavy atom. The first kappa shape index (κ1) is 28.8. The van der Waals surface area contributed by atoms with Crippen LogP contribution in [0.25, 0.3) is 11.4 Å². The zero-order valence-corrected chi connectivity index (χ0v) is 24.2. The second-order valence-electron chi connectivity index (χ2n) is 10.2. The Morgan fingerprint density at radius 1 is 0.929 bits per heavy atom. The van der Waals surface area contributed by atoms with Crippen LogP contribution in [-0.2, 0) is 11.2 Å². The number of rotatable bonds is 9. The van der Waals surface area contributed by atoms with Crippen LogP contribution in [0, 0.1) is 0 Å². The van der Waals surface area contributed by atoms with Crippen LogP contribution < -0.4 is 20.0 Å². The van der Waals surface area contributed by atoms with Gasteiger partial charge in [0.2, 0.25) is 0 Å². The van der Waals surface area contributed by atoms with E-state index in [1.165, 1.54) is 0 Å². The first-order valence-electron chi connectivity index (χ1n) is 13.6. The average Bonchev–Trinajstić information content (AvgIpc) is 3.02. The van der Waals surface area contributed by atoms with E-state index in [1.54, 1.807) is 36.5 Å². The minimum Gasteiger partial charge on any atom is -0.480 e. The van der Waals surface area contributed by atoms with Crippen molar-refractivity contribution in [3.05, 3.63) is 95.3 Å². The lowest BCUT2D eigenvalue weighted by Gasteiger charge is -2.36. The van der Waals surface area contributed by atoms with Gasteiger partial charge in [0, 0.05) is 75.2 Å². The van der Waals surface area contributed by atoms with Crippen molar-refractivity contribution in [2.75, 3.05) is 55.0 Å². The number of amides is 1. The molecule has 11 heteroatoms. The van der Waals surface area contributed by atoms with Crippen LogP contribution in [0.1, 0.15) is 16.1 Å². The monoisotopic (exact) mass is 585 g/mol. The Bertz CT molecular complexity index is 1520. The number of nitrogens with one attached hydrogen (secondary N) is 1. The zero-order chi connectivity index (χ0) is 29.6. The molecule has 0 radical (unpaired) electrons. The molecule has 1 aliphatic heterocycles. The number of anilines is 3. The summed E-state index contributed by atoms with van der Waals surface area (Å²) in [6.45, 7) is 2.80. The number of aromatic nitrogens is 3. The summed E-state index contributed by atoms with van der Waals surface area (Å²) in [7, 11) is 3.92. The quantitative estimate of drug-likeness (QED) is 0.301. The van der Waals surface area contributed by atoms with Crippen molar-refractivity contribution in [3.8, 4) is 11.4 Å². The number of carbonyl (C=O) groups is 2. The van der Waals surface area contributed by atoms with Gasteiger partial charge in [-0.05, 0) is 54.1 Å². The van der Waals surface area contributed by atoms with E-state index in [2.05, 4.69) is 25.1 Å². The number of benzene rings is 2. The van der Waals surface area contributed by atoms with Crippen LogP contribution in [0.15, 0.2) is 79.0 Å². The number of hydrogen-bond donors (Lipinski definition) is 2. The van der Waals surface area contributed by atoms with Crippen molar-refractivity contribution < 1.29 is 14.7 Å². The lowest BCUT2D eigenvalue weighted by Crippen LogP contribution is -2.47. The van der Waals surface area contributed by atoms with Gasteiger partial charge in [0.1, 0.15) is 23.4 Å². The summed E-state index contributed by atoms with van der Waals surface area (Å²) in [6.07, 6.45) is 1.88. The first-order chi connectivity index (χ1) is 20.3. The molecule has 0 bridgehead atoms. The summed E-state index contributed by atoms with van der Waals surface area (Å²) >= 11 is 5.97. The standard InChI is InChI=1S/C31H32ClN7O3/c1-37(2)24-12-8-22(9-13-24)29-34-25(30(40)35-26(31(41)42)19-21-6-10-23(32)11-7-21)20-28(36-29)39-17-15-38(16-18-39)27-5-3-4-14-33-27/h3-14,20,26H,15-19H2,1-2H3,(H,35,40)(H,41,42). The van der Waals surface area contributed by atoms with Gasteiger partial charge in [-0.25, -0.2) is 19.7 Å². The molecule has 2 aromatic carbocycles. The second kappa shape index (κ2) is 12.9. The molecule has 0 spiro atoms. The van der Waals surface area contributed by atoms with Crippen molar-refractivity contribution in [1.29, 1.82) is 0 Å². The molecule has 42 heavy (non-hydrogen) atoms. The molecule has 1 unspecified atom stereocenters. The van der Waals surface area contributed by atoms with Crippen molar-refractivity contribution in [3.63, 3.8) is 0 Å². The molecule has 1 amide bonds. The number of aliphatic carboxylic acids is 1. The van der Waals surface area contributed by atoms with Gasteiger partial charge >= 0.3 is 5.97 Å². The number of piperazine rings is 1. The highest BCUT2D eigenvalue weighted by molar-refractivity contribution is 6.30. The number of carboxylic acid groups (broad SMARTS) is 1. The predicted molar refractivity (Wildman–Crippen MR) is 165 cm³/mol. The third-order valence-corrected chi connectivity index (χ3v) is 7.37. The fourth-order valence-corrected chi connectivity index (χ4v) is 4.87. The summed E-state index contributed by atoms with van der Waals surface area (Å²) in [5.74, 6) is 0.185. The molecule has 1 aliphatic rings. The summed E-state index contributed by atoms with van der Waals surface area (Å²) < 4.78 is 0. The molecule has 1 saturated heterocycles. The van der Waals surface area contributed by atoms with Gasteiger partial charge in [-0.1, -0.05) is 29.8 Å². The molecule has 216 valence electrons. The van der Waals surface area contributed by atoms with E-state index in [9.17, 15) is 14.7 Å². The molecule has 0 saturated carbocycles. The van der Waals surface area contributed by atoms with E-state index in [-0.39, 0.29) is 12.1 Å². The van der Waals surface area contributed by atoms with Crippen LogP contribution in [0.5, 0.6) is 0 Å². The Labute approximate surface area is 249 Å². The van der Waals surface area contributed by atoms with E-state index in [0.29, 0.717) is 29.8 Å². The third kappa shape index (κ3) is 6.95. The van der Waals surface area contributed by atoms with E-state index in [4.69, 9.17) is 16.6 Å². The fourth-order valence-electron chi connectivity index (χ4n) is 4.74. The minimum atomic E-state index is -1.15. The zero-order valence-electron chi connectivity index (χ0n) is 23.4. The maximum atomic E-state index is 13.5. The van der Waals surface area contributed by atoms with Crippen LogP contribution in [-0.4, -0.2) is 78.3 Å². The van der Waals surface area contributed by atoms with Gasteiger partial charge in [-0.15, -0.1) is 0 Å². The van der Waals surface area contributed by atoms with Crippen LogP contribution in [0.2, 0.25) is 5.02 Å². The molecule has 10 nitrogen and oxygen atoms in total.